The van der Waals surface area contributed by atoms with E-state index in [0.29, 0.717) is 0 Å². The van der Waals surface area contributed by atoms with Crippen LogP contribution in [0.1, 0.15) is 2.85 Å². The van der Waals surface area contributed by atoms with Crippen LogP contribution in [0.5, 0.6) is 0 Å². The first kappa shape index (κ1) is 16.1. The molecule has 32 valence electrons. The molecule has 0 aromatic rings. The first-order valence-corrected chi connectivity index (χ1v) is 2.19. The van der Waals surface area contributed by atoms with Gasteiger partial charge >= 0.3 is 62.0 Å². The molecule has 0 spiro atoms. The van der Waals surface area contributed by atoms with Crippen molar-refractivity contribution in [2.45, 2.75) is 0 Å². The van der Waals surface area contributed by atoms with Gasteiger partial charge in [0, 0.05) is 0 Å². The standard InChI is InChI=1S/2Na.H3O4P/c;;1-5(2,3)4/h;;(H3,1,2,3,4)/q2*+1;/p-1. The Hall–Kier alpha value is 2.11. The van der Waals surface area contributed by atoms with Gasteiger partial charge in [-0.15, -0.1) is 0 Å². The van der Waals surface area contributed by atoms with Crippen LogP contribution < -0.4 is 73.8 Å². The van der Waals surface area contributed by atoms with E-state index in [1.54, 1.807) is 0 Å². The van der Waals surface area contributed by atoms with E-state index in [9.17, 15) is 0 Å². The van der Waals surface area contributed by atoms with E-state index in [-0.39, 0.29) is 62.0 Å². The molecule has 0 aliphatic heterocycles. The van der Waals surface area contributed by atoms with Crippen molar-refractivity contribution in [2.24, 2.45) is 0 Å². The van der Waals surface area contributed by atoms with Crippen molar-refractivity contribution in [3.8, 4) is 0 Å². The Labute approximate surface area is 88.1 Å². The summed E-state index contributed by atoms with van der Waals surface area (Å²) >= 11 is 0. The maximum absolute atomic E-state index is 8.55. The Kier molecular flexibility index (Phi) is 14.3. The molecule has 7 heavy (non-hydrogen) atoms. The molecule has 0 rings (SSSR count). The minimum atomic E-state index is -5.39. The maximum Gasteiger partial charge on any atom is 1.00 e. The molecule has 7 heteroatoms. The average molecular weight is 143 g/mol. The molecule has 0 N–H and O–H groups in total. The van der Waals surface area contributed by atoms with Gasteiger partial charge in [-0.2, -0.15) is 7.82 Å². The molecule has 0 atom stereocenters. The molecule has 0 heterocycles. The van der Waals surface area contributed by atoms with Crippen molar-refractivity contribution in [3.05, 3.63) is 0 Å². The minimum Gasteiger partial charge on any atom is -0.822 e. The zero-order chi connectivity index (χ0) is 4.50. The Bertz CT molecular complexity index is 62.7. The van der Waals surface area contributed by atoms with Crippen LogP contribution in [0, 0.1) is 0 Å². The van der Waals surface area contributed by atoms with Crippen LogP contribution in [-0.2, 0) is 4.57 Å². The fraction of sp³-hybridized carbons (Fsp3) is 0. The summed E-state index contributed by atoms with van der Waals surface area (Å²) < 4.78 is 8.55. The maximum atomic E-state index is 8.55. The molecule has 0 radical (unpaired) electrons. The van der Waals surface area contributed by atoms with Crippen molar-refractivity contribution in [3.63, 3.8) is 0 Å². The third-order valence-electron chi connectivity index (χ3n) is 0. The molecule has 0 fully saturated rings. The summed E-state index contributed by atoms with van der Waals surface area (Å²) in [6, 6.07) is 0. The molecule has 0 aliphatic carbocycles. The summed E-state index contributed by atoms with van der Waals surface area (Å²) in [5, 5.41) is 0. The Morgan fingerprint density at radius 2 is 1.14 bits per heavy atom. The molecule has 0 saturated heterocycles. The van der Waals surface area contributed by atoms with E-state index < -0.39 is 7.82 Å². The number of hydrogen-bond donors (Lipinski definition) is 0. The van der Waals surface area contributed by atoms with E-state index in [1.165, 1.54) is 0 Å². The normalized spacial score (nSPS) is 8.43. The predicted molar refractivity (Wildman–Crippen MR) is 9.83 cm³/mol. The molecular formula is H2Na2O4P+. The van der Waals surface area contributed by atoms with Crippen LogP contribution >= 0.6 is 7.82 Å². The molecule has 0 saturated carbocycles. The van der Waals surface area contributed by atoms with Crippen molar-refractivity contribution < 1.29 is 81.2 Å². The minimum absolute atomic E-state index is 0. The molecule has 4 nitrogen and oxygen atoms in total. The molecule has 0 unspecified atom stereocenters. The van der Waals surface area contributed by atoms with Gasteiger partial charge in [0.2, 0.25) is 0 Å². The quantitative estimate of drug-likeness (QED) is 0.249. The Morgan fingerprint density at radius 3 is 1.14 bits per heavy atom. The average Bonchev–Trinajstić information content (AvgIpc) is 0.722. The number of rotatable bonds is 0. The summed E-state index contributed by atoms with van der Waals surface area (Å²) in [6.45, 7) is 0. The number of phosphoric acid groups is 1. The second-order valence-electron chi connectivity index (χ2n) is 0.447. The van der Waals surface area contributed by atoms with Gasteiger partial charge in [-0.3, -0.25) is 0 Å². The molecule has 0 aromatic heterocycles. The van der Waals surface area contributed by atoms with E-state index in [1.807, 2.05) is 0 Å². The van der Waals surface area contributed by atoms with Gasteiger partial charge in [0.15, 0.2) is 0 Å². The topological polar surface area (TPSA) is 86.2 Å². The monoisotopic (exact) mass is 143 g/mol. The molecule has 0 aromatic carbocycles. The molecular weight excluding hydrogens is 141 g/mol. The first-order chi connectivity index (χ1) is 2.00. The van der Waals surface area contributed by atoms with Gasteiger partial charge in [-0.05, 0) is 0 Å². The summed E-state index contributed by atoms with van der Waals surface area (Å²) in [7, 11) is -5.39. The third kappa shape index (κ3) is 68.0. The molecule has 0 bridgehead atoms. The Morgan fingerprint density at radius 1 is 1.14 bits per heavy atom. The van der Waals surface area contributed by atoms with Crippen molar-refractivity contribution >= 4 is 7.82 Å². The van der Waals surface area contributed by atoms with E-state index in [0.717, 1.165) is 0 Å². The Balaban J connectivity index is -0.0000000133. The van der Waals surface area contributed by atoms with Crippen molar-refractivity contribution in [1.82, 2.24) is 0 Å². The zero-order valence-corrected chi connectivity index (χ0v) is 8.97. The van der Waals surface area contributed by atoms with Gasteiger partial charge < -0.3 is 19.2 Å². The summed E-state index contributed by atoms with van der Waals surface area (Å²) in [5.41, 5.74) is 0. The van der Waals surface area contributed by atoms with Gasteiger partial charge in [0.1, 0.15) is 0 Å². The smallest absolute Gasteiger partial charge is 0.822 e. The fourth-order valence-electron chi connectivity index (χ4n) is 0. The zero-order valence-electron chi connectivity index (χ0n) is 6.08. The first-order valence-electron chi connectivity index (χ1n) is 0.730. The summed E-state index contributed by atoms with van der Waals surface area (Å²) in [4.78, 5) is 25.6. The third-order valence-corrected chi connectivity index (χ3v) is 0. The predicted octanol–water partition coefficient (Wildman–Crippen LogP) is -8.59. The second-order valence-corrected chi connectivity index (χ2v) is 1.34. The van der Waals surface area contributed by atoms with E-state index >= 15 is 0 Å². The van der Waals surface area contributed by atoms with Gasteiger partial charge in [0.25, 0.3) is 0 Å². The van der Waals surface area contributed by atoms with Crippen LogP contribution in [0.3, 0.4) is 0 Å². The van der Waals surface area contributed by atoms with E-state index in [2.05, 4.69) is 0 Å². The molecule has 0 aliphatic rings. The van der Waals surface area contributed by atoms with E-state index in [4.69, 9.17) is 19.2 Å². The van der Waals surface area contributed by atoms with Gasteiger partial charge in [-0.1, -0.05) is 0 Å². The summed E-state index contributed by atoms with van der Waals surface area (Å²) in [5.74, 6) is 0. The SMILES string of the molecule is O=P([O-])([O-])[O-].[H+].[H+].[Na+].[Na+]. The van der Waals surface area contributed by atoms with Crippen molar-refractivity contribution in [1.29, 1.82) is 0 Å². The second kappa shape index (κ2) is 6.23. The van der Waals surface area contributed by atoms with Gasteiger partial charge in [-0.25, -0.2) is 0 Å². The van der Waals surface area contributed by atoms with Crippen LogP contribution in [-0.4, -0.2) is 0 Å². The van der Waals surface area contributed by atoms with Crippen LogP contribution in [0.2, 0.25) is 0 Å². The van der Waals surface area contributed by atoms with Crippen LogP contribution in [0.4, 0.5) is 0 Å². The number of hydrogen-bond acceptors (Lipinski definition) is 4. The van der Waals surface area contributed by atoms with Crippen molar-refractivity contribution in [2.75, 3.05) is 0 Å². The van der Waals surface area contributed by atoms with Crippen LogP contribution in [0.25, 0.3) is 0 Å². The molecule has 0 amide bonds. The van der Waals surface area contributed by atoms with Crippen LogP contribution in [0.15, 0.2) is 0 Å². The summed E-state index contributed by atoms with van der Waals surface area (Å²) in [6.07, 6.45) is 0. The fourth-order valence-corrected chi connectivity index (χ4v) is 0. The van der Waals surface area contributed by atoms with Gasteiger partial charge in [0.05, 0.1) is 0 Å². The largest absolute Gasteiger partial charge is 1.00 e.